The molecule has 0 bridgehead atoms. The maximum atomic E-state index is 12.3. The van der Waals surface area contributed by atoms with E-state index in [9.17, 15) is 13.2 Å². The molecule has 7 heteroatoms. The van der Waals surface area contributed by atoms with Gasteiger partial charge in [0.25, 0.3) is 5.91 Å². The molecule has 0 atom stereocenters. The molecule has 0 aliphatic rings. The molecule has 0 aliphatic carbocycles. The van der Waals surface area contributed by atoms with Crippen LogP contribution in [0.2, 0.25) is 0 Å². The van der Waals surface area contributed by atoms with E-state index in [4.69, 9.17) is 4.74 Å². The van der Waals surface area contributed by atoms with Crippen molar-refractivity contribution in [3.05, 3.63) is 59.2 Å². The van der Waals surface area contributed by atoms with E-state index in [1.54, 1.807) is 30.3 Å². The summed E-state index contributed by atoms with van der Waals surface area (Å²) in [6, 6.07) is 12.3. The zero-order valence-corrected chi connectivity index (χ0v) is 17.0. The highest BCUT2D eigenvalue weighted by Crippen LogP contribution is 2.21. The molecule has 0 saturated heterocycles. The first kappa shape index (κ1) is 20.8. The lowest BCUT2D eigenvalue weighted by Gasteiger charge is -2.23. The molecule has 0 aliphatic heterocycles. The van der Waals surface area contributed by atoms with Crippen LogP contribution in [0.3, 0.4) is 0 Å². The fourth-order valence-corrected chi connectivity index (χ4v) is 3.54. The van der Waals surface area contributed by atoms with Crippen molar-refractivity contribution >= 4 is 21.6 Å². The van der Waals surface area contributed by atoms with Gasteiger partial charge in [-0.1, -0.05) is 6.07 Å². The highest BCUT2D eigenvalue weighted by molar-refractivity contribution is 7.92. The zero-order valence-electron chi connectivity index (χ0n) is 16.2. The number of carbonyl (C=O) groups excluding carboxylic acids is 1. The van der Waals surface area contributed by atoms with E-state index >= 15 is 0 Å². The molecule has 0 unspecified atom stereocenters. The highest BCUT2D eigenvalue weighted by Gasteiger charge is 2.17. The third kappa shape index (κ3) is 5.72. The number of hydrogen-bond donors (Lipinski definition) is 1. The molecule has 0 spiro atoms. The van der Waals surface area contributed by atoms with Crippen LogP contribution in [0.5, 0.6) is 5.75 Å². The van der Waals surface area contributed by atoms with Gasteiger partial charge >= 0.3 is 0 Å². The first-order valence-electron chi connectivity index (χ1n) is 8.78. The minimum absolute atomic E-state index is 0.142. The van der Waals surface area contributed by atoms with Crippen molar-refractivity contribution in [3.63, 3.8) is 0 Å². The van der Waals surface area contributed by atoms with Crippen molar-refractivity contribution < 1.29 is 17.9 Å². The summed E-state index contributed by atoms with van der Waals surface area (Å²) in [5.41, 5.74) is 3.24. The Hall–Kier alpha value is -2.54. The van der Waals surface area contributed by atoms with Crippen LogP contribution in [0.1, 0.15) is 28.4 Å². The van der Waals surface area contributed by atoms with Crippen LogP contribution in [-0.4, -0.2) is 40.3 Å². The van der Waals surface area contributed by atoms with Gasteiger partial charge < -0.3 is 10.1 Å². The van der Waals surface area contributed by atoms with Crippen LogP contribution in [0.4, 0.5) is 5.69 Å². The Kier molecular flexibility index (Phi) is 6.85. The molecule has 0 saturated carbocycles. The average molecular weight is 391 g/mol. The van der Waals surface area contributed by atoms with Crippen LogP contribution in [0, 0.1) is 13.8 Å². The monoisotopic (exact) mass is 390 g/mol. The molecule has 2 rings (SSSR count). The standard InChI is InChI=1S/C20H26N2O4S/c1-5-26-19-10-8-18(9-11-19)22(27(4,24)25)13-12-21-20(23)17-7-6-15(2)16(3)14-17/h6-11,14H,5,12-13H2,1-4H3,(H,21,23). The van der Waals surface area contributed by atoms with Crippen LogP contribution in [0.15, 0.2) is 42.5 Å². The molecule has 0 fully saturated rings. The lowest BCUT2D eigenvalue weighted by atomic mass is 10.1. The topological polar surface area (TPSA) is 75.7 Å². The van der Waals surface area contributed by atoms with E-state index in [1.165, 1.54) is 4.31 Å². The third-order valence-electron chi connectivity index (χ3n) is 4.21. The molecule has 6 nitrogen and oxygen atoms in total. The van der Waals surface area contributed by atoms with Crippen LogP contribution < -0.4 is 14.4 Å². The summed E-state index contributed by atoms with van der Waals surface area (Å²) in [7, 11) is -3.48. The second-order valence-corrected chi connectivity index (χ2v) is 8.22. The van der Waals surface area contributed by atoms with Gasteiger partial charge in [0.2, 0.25) is 10.0 Å². The van der Waals surface area contributed by atoms with Gasteiger partial charge in [-0.2, -0.15) is 0 Å². The Balaban J connectivity index is 2.04. The van der Waals surface area contributed by atoms with E-state index in [-0.39, 0.29) is 19.0 Å². The minimum atomic E-state index is -3.48. The summed E-state index contributed by atoms with van der Waals surface area (Å²) < 4.78 is 31.0. The number of benzene rings is 2. The molecule has 2 aromatic rings. The summed E-state index contributed by atoms with van der Waals surface area (Å²) in [5, 5.41) is 2.78. The first-order chi connectivity index (χ1) is 12.7. The number of rotatable bonds is 8. The molecule has 0 heterocycles. The Morgan fingerprint density at radius 2 is 1.74 bits per heavy atom. The van der Waals surface area contributed by atoms with E-state index in [1.807, 2.05) is 32.9 Å². The van der Waals surface area contributed by atoms with Crippen molar-refractivity contribution in [2.24, 2.45) is 0 Å². The summed E-state index contributed by atoms with van der Waals surface area (Å²) in [6.45, 7) is 6.70. The van der Waals surface area contributed by atoms with Gasteiger partial charge in [-0.25, -0.2) is 8.42 Å². The van der Waals surface area contributed by atoms with Gasteiger partial charge in [0, 0.05) is 12.1 Å². The smallest absolute Gasteiger partial charge is 0.251 e. The van der Waals surface area contributed by atoms with Gasteiger partial charge in [0.1, 0.15) is 5.75 Å². The number of sulfonamides is 1. The van der Waals surface area contributed by atoms with Crippen molar-refractivity contribution in [2.75, 3.05) is 30.3 Å². The Morgan fingerprint density at radius 3 is 2.30 bits per heavy atom. The fourth-order valence-electron chi connectivity index (χ4n) is 2.62. The van der Waals surface area contributed by atoms with E-state index in [0.717, 1.165) is 17.4 Å². The lowest BCUT2D eigenvalue weighted by molar-refractivity contribution is 0.0954. The number of amides is 1. The lowest BCUT2D eigenvalue weighted by Crippen LogP contribution is -2.38. The fraction of sp³-hybridized carbons (Fsp3) is 0.350. The maximum absolute atomic E-state index is 12.3. The van der Waals surface area contributed by atoms with E-state index in [0.29, 0.717) is 23.6 Å². The number of anilines is 1. The molecule has 146 valence electrons. The Labute approximate surface area is 161 Å². The molecule has 1 N–H and O–H groups in total. The number of nitrogens with zero attached hydrogens (tertiary/aromatic N) is 1. The summed E-state index contributed by atoms with van der Waals surface area (Å²) in [6.07, 6.45) is 1.15. The largest absolute Gasteiger partial charge is 0.494 e. The molecular formula is C20H26N2O4S. The van der Waals surface area contributed by atoms with Crippen LogP contribution in [0.25, 0.3) is 0 Å². The molecule has 1 amide bonds. The van der Waals surface area contributed by atoms with E-state index in [2.05, 4.69) is 5.32 Å². The van der Waals surface area contributed by atoms with Crippen molar-refractivity contribution in [1.29, 1.82) is 0 Å². The Morgan fingerprint density at radius 1 is 1.07 bits per heavy atom. The van der Waals surface area contributed by atoms with Crippen molar-refractivity contribution in [3.8, 4) is 5.75 Å². The van der Waals surface area contributed by atoms with Crippen molar-refractivity contribution in [2.45, 2.75) is 20.8 Å². The maximum Gasteiger partial charge on any atom is 0.251 e. The minimum Gasteiger partial charge on any atom is -0.494 e. The van der Waals surface area contributed by atoms with Gasteiger partial charge in [-0.15, -0.1) is 0 Å². The van der Waals surface area contributed by atoms with Crippen molar-refractivity contribution in [1.82, 2.24) is 5.32 Å². The van der Waals surface area contributed by atoms with Crippen LogP contribution >= 0.6 is 0 Å². The van der Waals surface area contributed by atoms with Gasteiger partial charge in [0.15, 0.2) is 0 Å². The van der Waals surface area contributed by atoms with Gasteiger partial charge in [-0.3, -0.25) is 9.10 Å². The average Bonchev–Trinajstić information content (AvgIpc) is 2.61. The SMILES string of the molecule is CCOc1ccc(N(CCNC(=O)c2ccc(C)c(C)c2)S(C)(=O)=O)cc1. The number of carbonyl (C=O) groups is 1. The second-order valence-electron chi connectivity index (χ2n) is 6.32. The van der Waals surface area contributed by atoms with E-state index < -0.39 is 10.0 Å². The summed E-state index contributed by atoms with van der Waals surface area (Å²) in [5.74, 6) is 0.455. The number of hydrogen-bond acceptors (Lipinski definition) is 4. The predicted molar refractivity (Wildman–Crippen MR) is 108 cm³/mol. The molecule has 27 heavy (non-hydrogen) atoms. The first-order valence-corrected chi connectivity index (χ1v) is 10.6. The second kappa shape index (κ2) is 8.90. The third-order valence-corrected chi connectivity index (χ3v) is 5.40. The van der Waals surface area contributed by atoms with Gasteiger partial charge in [-0.05, 0) is 68.3 Å². The Bertz CT molecular complexity index is 893. The quantitative estimate of drug-likeness (QED) is 0.752. The van der Waals surface area contributed by atoms with Gasteiger partial charge in [0.05, 0.1) is 25.1 Å². The van der Waals surface area contributed by atoms with Crippen LogP contribution in [-0.2, 0) is 10.0 Å². The molecule has 0 radical (unpaired) electrons. The predicted octanol–water partition coefficient (Wildman–Crippen LogP) is 2.90. The number of nitrogens with one attached hydrogen (secondary N) is 1. The summed E-state index contributed by atoms with van der Waals surface area (Å²) in [4.78, 5) is 12.3. The zero-order chi connectivity index (χ0) is 20.0. The highest BCUT2D eigenvalue weighted by atomic mass is 32.2. The number of aryl methyl sites for hydroxylation is 2. The molecule has 0 aromatic heterocycles. The molecule has 2 aromatic carbocycles. The molecular weight excluding hydrogens is 364 g/mol. The summed E-state index contributed by atoms with van der Waals surface area (Å²) >= 11 is 0. The number of ether oxygens (including phenoxy) is 1. The normalized spacial score (nSPS) is 11.1.